The molecule has 1 amide bonds. The number of aromatic nitrogens is 2. The summed E-state index contributed by atoms with van der Waals surface area (Å²) in [5, 5.41) is 3.64. The topological polar surface area (TPSA) is 96.6 Å². The molecule has 2 aromatic heterocycles. The van der Waals surface area contributed by atoms with Gasteiger partial charge in [-0.1, -0.05) is 11.2 Å². The van der Waals surface area contributed by atoms with Gasteiger partial charge >= 0.3 is 0 Å². The lowest BCUT2D eigenvalue weighted by atomic mass is 10.1. The van der Waals surface area contributed by atoms with E-state index >= 15 is 0 Å². The molecule has 0 aromatic carbocycles. The molecule has 25 heavy (non-hydrogen) atoms. The highest BCUT2D eigenvalue weighted by molar-refractivity contribution is 7.88. The van der Waals surface area contributed by atoms with Crippen LogP contribution >= 0.6 is 0 Å². The molecule has 134 valence electrons. The summed E-state index contributed by atoms with van der Waals surface area (Å²) >= 11 is 0. The lowest BCUT2D eigenvalue weighted by Gasteiger charge is -2.34. The van der Waals surface area contributed by atoms with Crippen LogP contribution in [-0.4, -0.2) is 59.8 Å². The SMILES string of the molecule is Cc1ccc(CC(=O)N2CCN(S(=O)(=O)Cc3ccon3)CC2)cn1. The van der Waals surface area contributed by atoms with Crippen LogP contribution in [0.4, 0.5) is 0 Å². The number of hydrogen-bond donors (Lipinski definition) is 0. The van der Waals surface area contributed by atoms with E-state index in [9.17, 15) is 13.2 Å². The fourth-order valence-electron chi connectivity index (χ4n) is 2.70. The van der Waals surface area contributed by atoms with Crippen LogP contribution in [-0.2, 0) is 27.0 Å². The monoisotopic (exact) mass is 364 g/mol. The average Bonchev–Trinajstić information content (AvgIpc) is 3.09. The van der Waals surface area contributed by atoms with Crippen molar-refractivity contribution in [1.82, 2.24) is 19.3 Å². The predicted molar refractivity (Wildman–Crippen MR) is 90.0 cm³/mol. The zero-order valence-corrected chi connectivity index (χ0v) is 14.8. The second kappa shape index (κ2) is 7.32. The van der Waals surface area contributed by atoms with E-state index in [1.54, 1.807) is 11.1 Å². The van der Waals surface area contributed by atoms with E-state index in [0.29, 0.717) is 18.8 Å². The van der Waals surface area contributed by atoms with Gasteiger partial charge < -0.3 is 9.42 Å². The zero-order chi connectivity index (χ0) is 17.9. The molecule has 0 spiro atoms. The van der Waals surface area contributed by atoms with Gasteiger partial charge in [0.1, 0.15) is 12.0 Å². The molecule has 9 heteroatoms. The van der Waals surface area contributed by atoms with E-state index in [4.69, 9.17) is 0 Å². The van der Waals surface area contributed by atoms with Crippen molar-refractivity contribution in [3.63, 3.8) is 0 Å². The number of pyridine rings is 1. The summed E-state index contributed by atoms with van der Waals surface area (Å²) in [6.45, 7) is 3.24. The number of amides is 1. The summed E-state index contributed by atoms with van der Waals surface area (Å²) < 4.78 is 30.8. The third-order valence-electron chi connectivity index (χ3n) is 4.13. The molecule has 8 nitrogen and oxygen atoms in total. The zero-order valence-electron chi connectivity index (χ0n) is 14.0. The Bertz CT molecular complexity index is 810. The van der Waals surface area contributed by atoms with Crippen molar-refractivity contribution in [2.75, 3.05) is 26.2 Å². The molecule has 0 bridgehead atoms. The number of aryl methyl sites for hydroxylation is 1. The molecule has 0 radical (unpaired) electrons. The molecule has 1 aliphatic heterocycles. The van der Waals surface area contributed by atoms with Crippen LogP contribution in [0.1, 0.15) is 17.0 Å². The summed E-state index contributed by atoms with van der Waals surface area (Å²) in [4.78, 5) is 18.3. The smallest absolute Gasteiger partial charge is 0.227 e. The first kappa shape index (κ1) is 17.6. The highest BCUT2D eigenvalue weighted by Crippen LogP contribution is 2.13. The van der Waals surface area contributed by atoms with Gasteiger partial charge in [0.05, 0.1) is 12.1 Å². The van der Waals surface area contributed by atoms with Crippen molar-refractivity contribution in [2.24, 2.45) is 0 Å². The summed E-state index contributed by atoms with van der Waals surface area (Å²) in [5.74, 6) is -0.203. The van der Waals surface area contributed by atoms with Crippen LogP contribution < -0.4 is 0 Å². The van der Waals surface area contributed by atoms with Gasteiger partial charge in [-0.15, -0.1) is 0 Å². The Balaban J connectivity index is 1.54. The fraction of sp³-hybridized carbons (Fsp3) is 0.438. The maximum absolute atomic E-state index is 12.4. The minimum absolute atomic E-state index is 0.0146. The second-order valence-electron chi connectivity index (χ2n) is 6.01. The molecule has 0 saturated carbocycles. The molecular weight excluding hydrogens is 344 g/mol. The number of piperazine rings is 1. The Kier molecular flexibility index (Phi) is 5.14. The number of nitrogens with zero attached hydrogens (tertiary/aromatic N) is 4. The van der Waals surface area contributed by atoms with Crippen LogP contribution in [0.2, 0.25) is 0 Å². The molecule has 3 rings (SSSR count). The minimum Gasteiger partial charge on any atom is -0.364 e. The van der Waals surface area contributed by atoms with Gasteiger partial charge in [0, 0.05) is 44.1 Å². The highest BCUT2D eigenvalue weighted by Gasteiger charge is 2.29. The van der Waals surface area contributed by atoms with Gasteiger partial charge in [0.2, 0.25) is 15.9 Å². The van der Waals surface area contributed by atoms with Gasteiger partial charge in [-0.05, 0) is 18.6 Å². The predicted octanol–water partition coefficient (Wildman–Crippen LogP) is 0.595. The fourth-order valence-corrected chi connectivity index (χ4v) is 4.12. The number of rotatable bonds is 5. The van der Waals surface area contributed by atoms with Crippen LogP contribution in [0.5, 0.6) is 0 Å². The van der Waals surface area contributed by atoms with E-state index in [-0.39, 0.29) is 31.2 Å². The van der Waals surface area contributed by atoms with Crippen molar-refractivity contribution in [3.8, 4) is 0 Å². The molecule has 2 aromatic rings. The van der Waals surface area contributed by atoms with Gasteiger partial charge in [-0.25, -0.2) is 8.42 Å². The first-order chi connectivity index (χ1) is 11.9. The molecule has 1 saturated heterocycles. The first-order valence-electron chi connectivity index (χ1n) is 8.00. The van der Waals surface area contributed by atoms with Crippen molar-refractivity contribution in [2.45, 2.75) is 19.1 Å². The van der Waals surface area contributed by atoms with Gasteiger partial charge in [-0.3, -0.25) is 9.78 Å². The molecule has 1 aliphatic rings. The van der Waals surface area contributed by atoms with Crippen LogP contribution in [0, 0.1) is 6.92 Å². The molecule has 0 unspecified atom stereocenters. The molecule has 3 heterocycles. The first-order valence-corrected chi connectivity index (χ1v) is 9.61. The molecule has 1 fully saturated rings. The highest BCUT2D eigenvalue weighted by atomic mass is 32.2. The summed E-state index contributed by atoms with van der Waals surface area (Å²) in [5.41, 5.74) is 2.14. The Labute approximate surface area is 146 Å². The van der Waals surface area contributed by atoms with E-state index in [2.05, 4.69) is 14.7 Å². The Morgan fingerprint density at radius 3 is 2.56 bits per heavy atom. The maximum Gasteiger partial charge on any atom is 0.227 e. The van der Waals surface area contributed by atoms with Crippen LogP contribution in [0.3, 0.4) is 0 Å². The quantitative estimate of drug-likeness (QED) is 0.771. The van der Waals surface area contributed by atoms with Crippen molar-refractivity contribution in [1.29, 1.82) is 0 Å². The van der Waals surface area contributed by atoms with Crippen molar-refractivity contribution < 1.29 is 17.7 Å². The van der Waals surface area contributed by atoms with Gasteiger partial charge in [0.25, 0.3) is 0 Å². The normalized spacial score (nSPS) is 16.1. The molecule has 0 atom stereocenters. The Morgan fingerprint density at radius 2 is 1.96 bits per heavy atom. The number of carbonyl (C=O) groups is 1. The van der Waals surface area contributed by atoms with Crippen molar-refractivity contribution in [3.05, 3.63) is 47.6 Å². The third-order valence-corrected chi connectivity index (χ3v) is 5.95. The summed E-state index contributed by atoms with van der Waals surface area (Å²) in [6.07, 6.45) is 3.33. The second-order valence-corrected chi connectivity index (χ2v) is 7.98. The summed E-state index contributed by atoms with van der Waals surface area (Å²) in [6, 6.07) is 5.29. The minimum atomic E-state index is -3.46. The maximum atomic E-state index is 12.4. The van der Waals surface area contributed by atoms with E-state index in [0.717, 1.165) is 11.3 Å². The number of sulfonamides is 1. The Hall–Kier alpha value is -2.26. The molecule has 0 N–H and O–H groups in total. The lowest BCUT2D eigenvalue weighted by molar-refractivity contribution is -0.131. The number of hydrogen-bond acceptors (Lipinski definition) is 6. The largest absolute Gasteiger partial charge is 0.364 e. The average molecular weight is 364 g/mol. The van der Waals surface area contributed by atoms with Gasteiger partial charge in [-0.2, -0.15) is 4.31 Å². The molecule has 0 aliphatic carbocycles. The molecular formula is C16H20N4O4S. The number of carbonyl (C=O) groups excluding carboxylic acids is 1. The summed E-state index contributed by atoms with van der Waals surface area (Å²) in [7, 11) is -3.46. The van der Waals surface area contributed by atoms with E-state index in [1.807, 2.05) is 19.1 Å². The standard InChI is InChI=1S/C16H20N4O4S/c1-13-2-3-14(11-17-13)10-16(21)19-5-7-20(8-6-19)25(22,23)12-15-4-9-24-18-15/h2-4,9,11H,5-8,10,12H2,1H3. The van der Waals surface area contributed by atoms with E-state index in [1.165, 1.54) is 16.6 Å². The van der Waals surface area contributed by atoms with Gasteiger partial charge in [0.15, 0.2) is 0 Å². The Morgan fingerprint density at radius 1 is 1.20 bits per heavy atom. The van der Waals surface area contributed by atoms with E-state index < -0.39 is 10.0 Å². The lowest BCUT2D eigenvalue weighted by Crippen LogP contribution is -2.51. The van der Waals surface area contributed by atoms with Crippen molar-refractivity contribution >= 4 is 15.9 Å². The van der Waals surface area contributed by atoms with Crippen LogP contribution in [0.25, 0.3) is 0 Å². The van der Waals surface area contributed by atoms with Crippen LogP contribution in [0.15, 0.2) is 35.2 Å². The third kappa shape index (κ3) is 4.43.